The molecule has 124 valence electrons. The molecule has 24 heavy (non-hydrogen) atoms. The van der Waals surface area contributed by atoms with E-state index < -0.39 is 4.92 Å². The number of hydrogen-bond acceptors (Lipinski definition) is 4. The van der Waals surface area contributed by atoms with Gasteiger partial charge in [-0.2, -0.15) is 0 Å². The summed E-state index contributed by atoms with van der Waals surface area (Å²) in [5.74, 6) is -0.379. The number of hydrogen-bond donors (Lipinski definition) is 2. The van der Waals surface area contributed by atoms with Crippen LogP contribution in [0.2, 0.25) is 5.02 Å². The van der Waals surface area contributed by atoms with E-state index in [1.54, 1.807) is 18.2 Å². The van der Waals surface area contributed by atoms with Crippen LogP contribution in [0.15, 0.2) is 42.5 Å². The number of amides is 1. The lowest BCUT2D eigenvalue weighted by Gasteiger charge is -2.09. The minimum absolute atomic E-state index is 0.0905. The van der Waals surface area contributed by atoms with Gasteiger partial charge in [-0.15, -0.1) is 0 Å². The van der Waals surface area contributed by atoms with Crippen LogP contribution in [0.1, 0.15) is 28.8 Å². The summed E-state index contributed by atoms with van der Waals surface area (Å²) >= 11 is 6.05. The molecule has 1 aliphatic rings. The molecule has 0 unspecified atom stereocenters. The van der Waals surface area contributed by atoms with Crippen LogP contribution >= 0.6 is 11.6 Å². The summed E-state index contributed by atoms with van der Waals surface area (Å²) < 4.78 is 0. The van der Waals surface area contributed by atoms with Gasteiger partial charge in [0.2, 0.25) is 0 Å². The zero-order valence-corrected chi connectivity index (χ0v) is 13.5. The molecule has 0 atom stereocenters. The molecule has 0 heterocycles. The molecule has 2 N–H and O–H groups in total. The Morgan fingerprint density at radius 2 is 2.00 bits per heavy atom. The lowest BCUT2D eigenvalue weighted by atomic mass is 10.1. The zero-order chi connectivity index (χ0) is 17.1. The van der Waals surface area contributed by atoms with Crippen LogP contribution in [-0.2, 0) is 6.54 Å². The van der Waals surface area contributed by atoms with Crippen LogP contribution in [0.3, 0.4) is 0 Å². The summed E-state index contributed by atoms with van der Waals surface area (Å²) in [4.78, 5) is 23.0. The van der Waals surface area contributed by atoms with E-state index in [9.17, 15) is 14.9 Å². The highest BCUT2D eigenvalue weighted by Crippen LogP contribution is 2.31. The first-order chi connectivity index (χ1) is 11.5. The summed E-state index contributed by atoms with van der Waals surface area (Å²) in [6.45, 7) is 0.258. The monoisotopic (exact) mass is 345 g/mol. The Kier molecular flexibility index (Phi) is 4.66. The van der Waals surface area contributed by atoms with Gasteiger partial charge in [0, 0.05) is 29.2 Å². The van der Waals surface area contributed by atoms with Crippen LogP contribution in [0, 0.1) is 10.1 Å². The topological polar surface area (TPSA) is 84.3 Å². The van der Waals surface area contributed by atoms with Crippen LogP contribution in [-0.4, -0.2) is 16.9 Å². The largest absolute Gasteiger partial charge is 0.377 e. The second-order valence-corrected chi connectivity index (χ2v) is 6.09. The van der Waals surface area contributed by atoms with E-state index in [0.717, 1.165) is 18.4 Å². The van der Waals surface area contributed by atoms with Crippen LogP contribution < -0.4 is 10.6 Å². The first-order valence-corrected chi connectivity index (χ1v) is 7.99. The van der Waals surface area contributed by atoms with Gasteiger partial charge in [0.05, 0.1) is 4.92 Å². The Bertz CT molecular complexity index is 790. The van der Waals surface area contributed by atoms with Gasteiger partial charge in [0.1, 0.15) is 5.69 Å². The van der Waals surface area contributed by atoms with Gasteiger partial charge in [-0.1, -0.05) is 29.8 Å². The zero-order valence-electron chi connectivity index (χ0n) is 12.8. The van der Waals surface area contributed by atoms with Gasteiger partial charge in [-0.05, 0) is 36.6 Å². The van der Waals surface area contributed by atoms with Crippen molar-refractivity contribution in [1.82, 2.24) is 5.32 Å². The molecular weight excluding hydrogens is 330 g/mol. The number of rotatable bonds is 6. The first-order valence-electron chi connectivity index (χ1n) is 7.61. The summed E-state index contributed by atoms with van der Waals surface area (Å²) in [7, 11) is 0. The van der Waals surface area contributed by atoms with Gasteiger partial charge >= 0.3 is 0 Å². The van der Waals surface area contributed by atoms with E-state index in [1.165, 1.54) is 6.07 Å². The third-order valence-corrected chi connectivity index (χ3v) is 4.16. The third kappa shape index (κ3) is 3.83. The Morgan fingerprint density at radius 1 is 1.25 bits per heavy atom. The second kappa shape index (κ2) is 6.88. The maximum absolute atomic E-state index is 12.3. The standard InChI is InChI=1S/C17H16ClN3O3/c18-14-4-2-1-3-12(14)10-19-17(22)11-5-8-15(20-13-6-7-13)16(9-11)21(23)24/h1-5,8-9,13,20H,6-7,10H2,(H,19,22). The van der Waals surface area contributed by atoms with Gasteiger partial charge in [-0.25, -0.2) is 0 Å². The van der Waals surface area contributed by atoms with Gasteiger partial charge in [0.15, 0.2) is 0 Å². The van der Waals surface area contributed by atoms with Gasteiger partial charge in [0.25, 0.3) is 11.6 Å². The Hall–Kier alpha value is -2.60. The van der Waals surface area contributed by atoms with Gasteiger partial charge in [-0.3, -0.25) is 14.9 Å². The average Bonchev–Trinajstić information content (AvgIpc) is 3.38. The molecule has 7 heteroatoms. The van der Waals surface area contributed by atoms with Crippen molar-refractivity contribution >= 4 is 28.9 Å². The van der Waals surface area contributed by atoms with E-state index in [-0.39, 0.29) is 23.7 Å². The fourth-order valence-corrected chi connectivity index (χ4v) is 2.52. The number of nitro benzene ring substituents is 1. The number of nitro groups is 1. The molecule has 0 spiro atoms. The number of carbonyl (C=O) groups excluding carboxylic acids is 1. The minimum Gasteiger partial charge on any atom is -0.377 e. The normalized spacial score (nSPS) is 13.4. The molecule has 0 aliphatic heterocycles. The van der Waals surface area contributed by atoms with E-state index in [1.807, 2.05) is 18.2 Å². The number of halogens is 1. The molecule has 2 aromatic rings. The molecule has 0 bridgehead atoms. The SMILES string of the molecule is O=C(NCc1ccccc1Cl)c1ccc(NC2CC2)c([N+](=O)[O-])c1. The number of nitrogens with one attached hydrogen (secondary N) is 2. The predicted octanol–water partition coefficient (Wildman–Crippen LogP) is 3.75. The van der Waals surface area contributed by atoms with E-state index in [4.69, 9.17) is 11.6 Å². The van der Waals surface area contributed by atoms with Crippen molar-refractivity contribution in [2.75, 3.05) is 5.32 Å². The van der Waals surface area contributed by atoms with Gasteiger partial charge < -0.3 is 10.6 Å². The second-order valence-electron chi connectivity index (χ2n) is 5.68. The quantitative estimate of drug-likeness (QED) is 0.616. The highest BCUT2D eigenvalue weighted by molar-refractivity contribution is 6.31. The lowest BCUT2D eigenvalue weighted by Crippen LogP contribution is -2.23. The maximum Gasteiger partial charge on any atom is 0.293 e. The third-order valence-electron chi connectivity index (χ3n) is 3.79. The van der Waals surface area contributed by atoms with Crippen LogP contribution in [0.4, 0.5) is 11.4 Å². The summed E-state index contributed by atoms with van der Waals surface area (Å²) in [6.07, 6.45) is 2.02. The van der Waals surface area contributed by atoms with Crippen molar-refractivity contribution < 1.29 is 9.72 Å². The maximum atomic E-state index is 12.3. The van der Waals surface area contributed by atoms with Crippen molar-refractivity contribution in [3.63, 3.8) is 0 Å². The molecule has 2 aromatic carbocycles. The summed E-state index contributed by atoms with van der Waals surface area (Å²) in [5.41, 5.74) is 1.39. The Morgan fingerprint density at radius 3 is 2.67 bits per heavy atom. The molecule has 0 aromatic heterocycles. The predicted molar refractivity (Wildman–Crippen MR) is 92.4 cm³/mol. The number of carbonyl (C=O) groups is 1. The highest BCUT2D eigenvalue weighted by atomic mass is 35.5. The Labute approximate surface area is 144 Å². The number of anilines is 1. The van der Waals surface area contributed by atoms with Crippen molar-refractivity contribution in [2.45, 2.75) is 25.4 Å². The smallest absolute Gasteiger partial charge is 0.293 e. The Balaban J connectivity index is 1.73. The van der Waals surface area contributed by atoms with Crippen LogP contribution in [0.25, 0.3) is 0 Å². The van der Waals surface area contributed by atoms with Crippen molar-refractivity contribution in [3.8, 4) is 0 Å². The average molecular weight is 346 g/mol. The molecule has 1 saturated carbocycles. The summed E-state index contributed by atoms with van der Waals surface area (Å²) in [6, 6.07) is 12.0. The molecule has 0 radical (unpaired) electrons. The molecule has 1 amide bonds. The molecule has 1 aliphatic carbocycles. The van der Waals surface area contributed by atoms with Crippen LogP contribution in [0.5, 0.6) is 0 Å². The number of nitrogens with zero attached hydrogens (tertiary/aromatic N) is 1. The van der Waals surface area contributed by atoms with Crippen molar-refractivity contribution in [3.05, 3.63) is 68.7 Å². The van der Waals surface area contributed by atoms with Crippen molar-refractivity contribution in [2.24, 2.45) is 0 Å². The molecule has 0 saturated heterocycles. The van der Waals surface area contributed by atoms with E-state index in [0.29, 0.717) is 16.8 Å². The molecule has 3 rings (SSSR count). The van der Waals surface area contributed by atoms with Crippen molar-refractivity contribution in [1.29, 1.82) is 0 Å². The highest BCUT2D eigenvalue weighted by Gasteiger charge is 2.25. The summed E-state index contributed by atoms with van der Waals surface area (Å²) in [5, 5.41) is 17.6. The fourth-order valence-electron chi connectivity index (χ4n) is 2.31. The molecular formula is C17H16ClN3O3. The fraction of sp³-hybridized carbons (Fsp3) is 0.235. The molecule has 6 nitrogen and oxygen atoms in total. The van der Waals surface area contributed by atoms with E-state index in [2.05, 4.69) is 10.6 Å². The minimum atomic E-state index is -0.477. The molecule has 1 fully saturated rings. The first kappa shape index (κ1) is 16.3. The number of benzene rings is 2. The van der Waals surface area contributed by atoms with E-state index >= 15 is 0 Å². The lowest BCUT2D eigenvalue weighted by molar-refractivity contribution is -0.384.